The third-order valence-corrected chi connectivity index (χ3v) is 4.84. The van der Waals surface area contributed by atoms with Crippen LogP contribution in [0.25, 0.3) is 5.69 Å². The molecule has 1 heterocycles. The van der Waals surface area contributed by atoms with Crippen molar-refractivity contribution in [3.8, 4) is 11.4 Å². The van der Waals surface area contributed by atoms with Crippen molar-refractivity contribution >= 4 is 29.1 Å². The normalized spacial score (nSPS) is 10.7. The summed E-state index contributed by atoms with van der Waals surface area (Å²) < 4.78 is 7.77. The number of hydrogen-bond donors (Lipinski definition) is 0. The average Bonchev–Trinajstić information content (AvgIpc) is 3.04. The van der Waals surface area contributed by atoms with E-state index >= 15 is 0 Å². The Hall–Kier alpha value is -2.31. The van der Waals surface area contributed by atoms with E-state index in [4.69, 9.17) is 16.3 Å². The molecule has 0 aliphatic rings. The number of benzene rings is 2. The first-order valence-electron chi connectivity index (χ1n) is 8.14. The number of halogens is 1. The van der Waals surface area contributed by atoms with Crippen LogP contribution in [0.2, 0.25) is 5.02 Å². The summed E-state index contributed by atoms with van der Waals surface area (Å²) in [6.45, 7) is 1.82. The number of rotatable bonds is 8. The highest BCUT2D eigenvalue weighted by atomic mass is 35.5. The molecule has 3 aromatic rings. The zero-order valence-corrected chi connectivity index (χ0v) is 15.8. The molecule has 3 rings (SSSR count). The molecule has 134 valence electrons. The van der Waals surface area contributed by atoms with Crippen molar-refractivity contribution in [3.05, 3.63) is 65.4 Å². The summed E-state index contributed by atoms with van der Waals surface area (Å²) in [5.74, 6) is 2.08. The number of nitrogens with zero attached hydrogens (tertiary/aromatic N) is 3. The van der Waals surface area contributed by atoms with Crippen molar-refractivity contribution in [1.82, 2.24) is 14.8 Å². The molecule has 0 N–H and O–H groups in total. The summed E-state index contributed by atoms with van der Waals surface area (Å²) in [5.41, 5.74) is 0.945. The first-order chi connectivity index (χ1) is 12.6. The van der Waals surface area contributed by atoms with Crippen LogP contribution in [-0.4, -0.2) is 26.3 Å². The number of aromatic nitrogens is 3. The minimum atomic E-state index is 0.158. The molecule has 0 spiro atoms. The molecular weight excluding hydrogens is 370 g/mol. The highest BCUT2D eigenvalue weighted by Gasteiger charge is 2.15. The van der Waals surface area contributed by atoms with Gasteiger partial charge < -0.3 is 4.74 Å². The predicted molar refractivity (Wildman–Crippen MR) is 103 cm³/mol. The second kappa shape index (κ2) is 8.87. The van der Waals surface area contributed by atoms with Gasteiger partial charge in [0.15, 0.2) is 11.0 Å². The molecule has 0 radical (unpaired) electrons. The lowest BCUT2D eigenvalue weighted by atomic mass is 10.3. The number of carbonyl (C=O) groups is 1. The molecule has 1 aromatic heterocycles. The van der Waals surface area contributed by atoms with Gasteiger partial charge in [0.1, 0.15) is 18.1 Å². The Morgan fingerprint density at radius 2 is 1.85 bits per heavy atom. The van der Waals surface area contributed by atoms with Crippen molar-refractivity contribution in [2.75, 3.05) is 5.75 Å². The van der Waals surface area contributed by atoms with E-state index in [0.29, 0.717) is 28.8 Å². The SMILES string of the molecule is CC(=O)CCSc1nnc(COc2ccccc2Cl)n1-c1ccccc1. The molecule has 0 saturated carbocycles. The van der Waals surface area contributed by atoms with Crippen LogP contribution in [0.15, 0.2) is 59.8 Å². The standard InChI is InChI=1S/C19H18ClN3O2S/c1-14(24)11-12-26-19-22-21-18(23(19)15-7-3-2-4-8-15)13-25-17-10-6-5-9-16(17)20/h2-10H,11-13H2,1H3. The first kappa shape index (κ1) is 18.5. The van der Waals surface area contributed by atoms with E-state index in [1.165, 1.54) is 11.8 Å². The average molecular weight is 388 g/mol. The molecule has 0 amide bonds. The Labute approximate surface area is 161 Å². The fourth-order valence-electron chi connectivity index (χ4n) is 2.31. The van der Waals surface area contributed by atoms with E-state index in [1.807, 2.05) is 53.1 Å². The zero-order chi connectivity index (χ0) is 18.4. The molecule has 2 aromatic carbocycles. The van der Waals surface area contributed by atoms with Crippen molar-refractivity contribution in [2.45, 2.75) is 25.1 Å². The monoisotopic (exact) mass is 387 g/mol. The number of ether oxygens (including phenoxy) is 1. The summed E-state index contributed by atoms with van der Waals surface area (Å²) in [5, 5.41) is 9.83. The molecule has 26 heavy (non-hydrogen) atoms. The van der Waals surface area contributed by atoms with E-state index in [9.17, 15) is 4.79 Å². The van der Waals surface area contributed by atoms with Gasteiger partial charge in [-0.1, -0.05) is 53.7 Å². The van der Waals surface area contributed by atoms with Gasteiger partial charge in [0.2, 0.25) is 0 Å². The molecule has 0 saturated heterocycles. The summed E-state index contributed by atoms with van der Waals surface area (Å²) in [6.07, 6.45) is 0.498. The topological polar surface area (TPSA) is 57.0 Å². The third-order valence-electron chi connectivity index (χ3n) is 3.59. The maximum atomic E-state index is 11.2. The Morgan fingerprint density at radius 1 is 1.12 bits per heavy atom. The van der Waals surface area contributed by atoms with Crippen LogP contribution >= 0.6 is 23.4 Å². The van der Waals surface area contributed by atoms with Crippen LogP contribution in [0, 0.1) is 0 Å². The molecule has 5 nitrogen and oxygen atoms in total. The number of ketones is 1. The third kappa shape index (κ3) is 4.65. The summed E-state index contributed by atoms with van der Waals surface area (Å²) >= 11 is 7.65. The van der Waals surface area contributed by atoms with Crippen molar-refractivity contribution < 1.29 is 9.53 Å². The molecule has 0 fully saturated rings. The molecule has 0 atom stereocenters. The number of thioether (sulfide) groups is 1. The van der Waals surface area contributed by atoms with Gasteiger partial charge in [0.05, 0.1) is 5.02 Å². The summed E-state index contributed by atoms with van der Waals surface area (Å²) in [6, 6.07) is 17.1. The zero-order valence-electron chi connectivity index (χ0n) is 14.3. The molecule has 0 bridgehead atoms. The van der Waals surface area contributed by atoms with Crippen LogP contribution in [0.3, 0.4) is 0 Å². The molecule has 0 unspecified atom stereocenters. The lowest BCUT2D eigenvalue weighted by molar-refractivity contribution is -0.116. The fourth-order valence-corrected chi connectivity index (χ4v) is 3.51. The maximum absolute atomic E-state index is 11.2. The molecule has 0 aliphatic heterocycles. The van der Waals surface area contributed by atoms with Gasteiger partial charge >= 0.3 is 0 Å². The minimum absolute atomic E-state index is 0.158. The fraction of sp³-hybridized carbons (Fsp3) is 0.211. The van der Waals surface area contributed by atoms with E-state index < -0.39 is 0 Å². The summed E-state index contributed by atoms with van der Waals surface area (Å²) in [7, 11) is 0. The van der Waals surface area contributed by atoms with Gasteiger partial charge in [-0.05, 0) is 31.2 Å². The van der Waals surface area contributed by atoms with Gasteiger partial charge in [0.25, 0.3) is 0 Å². The second-order valence-corrected chi connectivity index (χ2v) is 7.06. The Kier molecular flexibility index (Phi) is 6.30. The van der Waals surface area contributed by atoms with Crippen LogP contribution < -0.4 is 4.74 Å². The molecular formula is C19H18ClN3O2S. The number of carbonyl (C=O) groups excluding carboxylic acids is 1. The van der Waals surface area contributed by atoms with E-state index in [2.05, 4.69) is 10.2 Å². The van der Waals surface area contributed by atoms with E-state index in [1.54, 1.807) is 13.0 Å². The number of para-hydroxylation sites is 2. The van der Waals surface area contributed by atoms with Crippen LogP contribution in [-0.2, 0) is 11.4 Å². The highest BCUT2D eigenvalue weighted by molar-refractivity contribution is 7.99. The lowest BCUT2D eigenvalue weighted by Crippen LogP contribution is -2.07. The first-order valence-corrected chi connectivity index (χ1v) is 9.51. The number of hydrogen-bond acceptors (Lipinski definition) is 5. The van der Waals surface area contributed by atoms with E-state index in [0.717, 1.165) is 10.8 Å². The van der Waals surface area contributed by atoms with E-state index in [-0.39, 0.29) is 12.4 Å². The Balaban J connectivity index is 1.83. The smallest absolute Gasteiger partial charge is 0.195 e. The lowest BCUT2D eigenvalue weighted by Gasteiger charge is -2.11. The van der Waals surface area contributed by atoms with Gasteiger partial charge in [0, 0.05) is 17.9 Å². The molecule has 7 heteroatoms. The number of Topliss-reactive ketones (excluding diaryl/α,β-unsaturated/α-hetero) is 1. The van der Waals surface area contributed by atoms with Crippen LogP contribution in [0.1, 0.15) is 19.2 Å². The largest absolute Gasteiger partial charge is 0.484 e. The van der Waals surface area contributed by atoms with Gasteiger partial charge in [-0.25, -0.2) is 0 Å². The van der Waals surface area contributed by atoms with Crippen molar-refractivity contribution in [2.24, 2.45) is 0 Å². The Bertz CT molecular complexity index is 884. The quantitative estimate of drug-likeness (QED) is 0.530. The molecule has 0 aliphatic carbocycles. The van der Waals surface area contributed by atoms with Gasteiger partial charge in [-0.2, -0.15) is 0 Å². The van der Waals surface area contributed by atoms with Crippen LogP contribution in [0.5, 0.6) is 5.75 Å². The predicted octanol–water partition coefficient (Wildman–Crippen LogP) is 4.57. The minimum Gasteiger partial charge on any atom is -0.484 e. The second-order valence-electron chi connectivity index (χ2n) is 5.59. The van der Waals surface area contributed by atoms with Crippen molar-refractivity contribution in [1.29, 1.82) is 0 Å². The van der Waals surface area contributed by atoms with Crippen molar-refractivity contribution in [3.63, 3.8) is 0 Å². The van der Waals surface area contributed by atoms with Crippen LogP contribution in [0.4, 0.5) is 0 Å². The van der Waals surface area contributed by atoms with Gasteiger partial charge in [-0.15, -0.1) is 10.2 Å². The van der Waals surface area contributed by atoms with Gasteiger partial charge in [-0.3, -0.25) is 9.36 Å². The summed E-state index contributed by atoms with van der Waals surface area (Å²) in [4.78, 5) is 11.2. The highest BCUT2D eigenvalue weighted by Crippen LogP contribution is 2.26. The maximum Gasteiger partial charge on any atom is 0.195 e. The Morgan fingerprint density at radius 3 is 2.58 bits per heavy atom.